The second kappa shape index (κ2) is 17.8. The maximum atomic E-state index is 15.5. The number of carbonyl (C=O) groups excluding carboxylic acids is 6. The number of ether oxygens (including phenoxy) is 7. The van der Waals surface area contributed by atoms with E-state index in [9.17, 15) is 39.3 Å². The Labute approximate surface area is 359 Å². The van der Waals surface area contributed by atoms with Crippen molar-refractivity contribution in [2.24, 2.45) is 16.7 Å². The van der Waals surface area contributed by atoms with Crippen molar-refractivity contribution in [3.63, 3.8) is 0 Å². The highest BCUT2D eigenvalue weighted by molar-refractivity contribution is 5.95. The van der Waals surface area contributed by atoms with Crippen LogP contribution in [0.4, 0.5) is 9.59 Å². The van der Waals surface area contributed by atoms with E-state index in [1.807, 2.05) is 6.92 Å². The van der Waals surface area contributed by atoms with Crippen LogP contribution in [0.1, 0.15) is 89.2 Å². The maximum Gasteiger partial charge on any atom is 0.508 e. The molecule has 336 valence electrons. The molecular weight excluding hydrogens is 810 g/mol. The van der Waals surface area contributed by atoms with Crippen molar-refractivity contribution >= 4 is 35.9 Å². The van der Waals surface area contributed by atoms with Gasteiger partial charge in [0.05, 0.1) is 49.4 Å². The lowest BCUT2D eigenvalue weighted by Crippen LogP contribution is -2.82. The number of carbonyl (C=O) groups is 6. The highest BCUT2D eigenvalue weighted by Crippen LogP contribution is 2.64. The number of Topliss-reactive ketones (excluding diaryl/α,β-unsaturated/α-hetero) is 1. The summed E-state index contributed by atoms with van der Waals surface area (Å²) in [7, 11) is 1.07. The summed E-state index contributed by atoms with van der Waals surface area (Å²) in [5.74, 6) is -5.67. The number of ketones is 1. The molecular formula is C45H55NO16. The van der Waals surface area contributed by atoms with Crippen LogP contribution in [0, 0.1) is 16.7 Å². The van der Waals surface area contributed by atoms with Gasteiger partial charge in [-0.1, -0.05) is 75.7 Å². The number of unbranched alkanes of at least 4 members (excludes halogenated alkanes) is 1. The molecule has 2 saturated carbocycles. The van der Waals surface area contributed by atoms with Gasteiger partial charge in [-0.15, -0.1) is 0 Å². The van der Waals surface area contributed by atoms with E-state index >= 15 is 4.79 Å². The summed E-state index contributed by atoms with van der Waals surface area (Å²) in [5, 5.41) is 39.9. The van der Waals surface area contributed by atoms with Crippen molar-refractivity contribution < 1.29 is 77.2 Å². The van der Waals surface area contributed by atoms with Gasteiger partial charge in [0.2, 0.25) is 0 Å². The van der Waals surface area contributed by atoms with Gasteiger partial charge in [-0.05, 0) is 49.1 Å². The third-order valence-electron chi connectivity index (χ3n) is 13.3. The van der Waals surface area contributed by atoms with Crippen LogP contribution in [-0.2, 0) is 47.5 Å². The molecule has 17 nitrogen and oxygen atoms in total. The Hall–Kier alpha value is -5.36. The minimum atomic E-state index is -2.43. The third kappa shape index (κ3) is 7.95. The number of amides is 1. The fourth-order valence-corrected chi connectivity index (χ4v) is 9.78. The molecule has 1 saturated heterocycles. The van der Waals surface area contributed by atoms with E-state index in [0.29, 0.717) is 12.0 Å². The largest absolute Gasteiger partial charge is 0.508 e. The standard InChI is InChI=1S/C45H55NO16/c1-8-9-20-57-40(53)46-32(26-16-12-10-13-17-26)33(49)39(52)60-28-22-45(55)37(61-38(51)27-18-14-11-15-19-27)35-43(6,29(48)21-30-44(35,23-58-30)62-41(54)56-7)36(50)34(59-25(3)47)31(24(28)2)42(45,4)5/h10-19,28-30,32-35,37,48-49,55H,8-9,20-23H2,1-7H3,(H,46,53)/t28-,29-,30+,32-,33+,34+,35?,37-,43+,44-,45+/m0/s1. The van der Waals surface area contributed by atoms with Crippen molar-refractivity contribution in [3.8, 4) is 0 Å². The highest BCUT2D eigenvalue weighted by Gasteiger charge is 2.78. The van der Waals surface area contributed by atoms with Crippen molar-refractivity contribution in [2.75, 3.05) is 20.3 Å². The number of methoxy groups -OCH3 is 1. The SMILES string of the molecule is CCCCOC(=O)N[C@@H](c1ccccc1)[C@@H](O)C(=O)O[C@H]1C[C@@]2(O)[C@@H](OC(=O)c3ccccc3)C3[C@](C)(C(=O)[C@H](OC(C)=O)C(=C1C)C2(C)C)[C@@H](O)C[C@H]1OC[C@@]31OC(=O)OC. The molecule has 3 fully saturated rings. The zero-order valence-corrected chi connectivity index (χ0v) is 35.8. The number of esters is 3. The molecule has 11 atom stereocenters. The normalized spacial score (nSPS) is 31.8. The molecule has 4 aliphatic rings. The van der Waals surface area contributed by atoms with Crippen LogP contribution < -0.4 is 5.32 Å². The van der Waals surface area contributed by atoms with Gasteiger partial charge >= 0.3 is 30.2 Å². The molecule has 1 unspecified atom stereocenters. The van der Waals surface area contributed by atoms with Crippen LogP contribution in [0.25, 0.3) is 0 Å². The van der Waals surface area contributed by atoms with E-state index in [-0.39, 0.29) is 36.3 Å². The Balaban J connectivity index is 1.53. The molecule has 2 bridgehead atoms. The second-order valence-electron chi connectivity index (χ2n) is 17.1. The Morgan fingerprint density at radius 3 is 2.19 bits per heavy atom. The van der Waals surface area contributed by atoms with Crippen LogP contribution in [0.15, 0.2) is 71.8 Å². The number of aliphatic hydroxyl groups is 3. The zero-order chi connectivity index (χ0) is 45.4. The van der Waals surface area contributed by atoms with E-state index in [0.717, 1.165) is 20.5 Å². The molecule has 2 aromatic carbocycles. The summed E-state index contributed by atoms with van der Waals surface area (Å²) in [6, 6.07) is 14.5. The highest BCUT2D eigenvalue weighted by atomic mass is 16.8. The van der Waals surface area contributed by atoms with Gasteiger partial charge in [0.1, 0.15) is 23.9 Å². The third-order valence-corrected chi connectivity index (χ3v) is 13.3. The molecule has 6 rings (SSSR count). The topological polar surface area (TPSA) is 240 Å². The molecule has 17 heteroatoms. The van der Waals surface area contributed by atoms with Crippen molar-refractivity contribution in [3.05, 3.63) is 82.9 Å². The Morgan fingerprint density at radius 1 is 0.968 bits per heavy atom. The van der Waals surface area contributed by atoms with Crippen LogP contribution >= 0.6 is 0 Å². The molecule has 0 radical (unpaired) electrons. The summed E-state index contributed by atoms with van der Waals surface area (Å²) in [6.07, 6.45) is -11.6. The first-order chi connectivity index (χ1) is 29.3. The molecule has 1 amide bonds. The van der Waals surface area contributed by atoms with Crippen molar-refractivity contribution in [1.82, 2.24) is 5.32 Å². The number of benzene rings is 2. The van der Waals surface area contributed by atoms with E-state index in [4.69, 9.17) is 33.2 Å². The van der Waals surface area contributed by atoms with Crippen molar-refractivity contribution in [1.29, 1.82) is 0 Å². The van der Waals surface area contributed by atoms with E-state index in [2.05, 4.69) is 5.32 Å². The van der Waals surface area contributed by atoms with Gasteiger partial charge in [-0.3, -0.25) is 9.59 Å². The first-order valence-corrected chi connectivity index (χ1v) is 20.6. The first-order valence-electron chi connectivity index (χ1n) is 20.6. The molecule has 2 aromatic rings. The number of hydrogen-bond donors (Lipinski definition) is 4. The van der Waals surface area contributed by atoms with Crippen LogP contribution in [0.2, 0.25) is 0 Å². The van der Waals surface area contributed by atoms with Crippen LogP contribution in [-0.4, -0.2) is 119 Å². The van der Waals surface area contributed by atoms with Gasteiger partial charge in [-0.2, -0.15) is 0 Å². The number of aliphatic hydroxyl groups excluding tert-OH is 2. The Bertz CT molecular complexity index is 2070. The minimum Gasteiger partial charge on any atom is -0.456 e. The summed E-state index contributed by atoms with van der Waals surface area (Å²) in [6.45, 7) is 8.63. The van der Waals surface area contributed by atoms with Gasteiger partial charge in [0.15, 0.2) is 23.6 Å². The number of rotatable bonds is 12. The lowest BCUT2D eigenvalue weighted by Gasteiger charge is -2.67. The molecule has 1 aliphatic heterocycles. The molecule has 0 spiro atoms. The monoisotopic (exact) mass is 865 g/mol. The average molecular weight is 866 g/mol. The zero-order valence-electron chi connectivity index (χ0n) is 35.8. The summed E-state index contributed by atoms with van der Waals surface area (Å²) in [4.78, 5) is 82.9. The predicted octanol–water partition coefficient (Wildman–Crippen LogP) is 4.05. The average Bonchev–Trinajstić information content (AvgIpc) is 3.24. The number of hydrogen-bond acceptors (Lipinski definition) is 16. The van der Waals surface area contributed by atoms with E-state index in [1.165, 1.54) is 39.8 Å². The lowest BCUT2D eigenvalue weighted by molar-refractivity contribution is -0.344. The predicted molar refractivity (Wildman–Crippen MR) is 215 cm³/mol. The van der Waals surface area contributed by atoms with Gasteiger partial charge < -0.3 is 53.8 Å². The van der Waals surface area contributed by atoms with Gasteiger partial charge in [0, 0.05) is 25.2 Å². The summed E-state index contributed by atoms with van der Waals surface area (Å²) < 4.78 is 40.2. The van der Waals surface area contributed by atoms with Gasteiger partial charge in [-0.25, -0.2) is 19.2 Å². The maximum absolute atomic E-state index is 15.5. The molecule has 62 heavy (non-hydrogen) atoms. The van der Waals surface area contributed by atoms with Crippen LogP contribution in [0.5, 0.6) is 0 Å². The summed E-state index contributed by atoms with van der Waals surface area (Å²) >= 11 is 0. The fraction of sp³-hybridized carbons (Fsp3) is 0.556. The second-order valence-corrected chi connectivity index (χ2v) is 17.1. The molecule has 0 aromatic heterocycles. The lowest BCUT2D eigenvalue weighted by atomic mass is 9.44. The smallest absolute Gasteiger partial charge is 0.456 e. The first kappa shape index (κ1) is 46.2. The van der Waals surface area contributed by atoms with Crippen LogP contribution in [0.3, 0.4) is 0 Å². The molecule has 4 N–H and O–H groups in total. The van der Waals surface area contributed by atoms with E-state index < -0.39 is 113 Å². The minimum absolute atomic E-state index is 0.0291. The molecule has 1 heterocycles. The van der Waals surface area contributed by atoms with E-state index in [1.54, 1.807) is 48.5 Å². The quantitative estimate of drug-likeness (QED) is 0.102. The fourth-order valence-electron chi connectivity index (χ4n) is 9.78. The summed E-state index contributed by atoms with van der Waals surface area (Å²) in [5.41, 5.74) is -7.64. The number of nitrogens with one attached hydrogen (secondary N) is 1. The van der Waals surface area contributed by atoms with Crippen molar-refractivity contribution in [2.45, 2.75) is 121 Å². The number of fused-ring (bicyclic) bond motifs is 5. The Kier molecular flexibility index (Phi) is 13.2. The molecule has 3 aliphatic carbocycles. The Morgan fingerprint density at radius 2 is 1.61 bits per heavy atom. The van der Waals surface area contributed by atoms with Gasteiger partial charge in [0.25, 0.3) is 0 Å². The number of alkyl carbamates (subject to hydrolysis) is 1.